The van der Waals surface area contributed by atoms with Crippen LogP contribution in [0.25, 0.3) is 0 Å². The summed E-state index contributed by atoms with van der Waals surface area (Å²) in [6.45, 7) is 4.33. The smallest absolute Gasteiger partial charge is 0.248 e. The first kappa shape index (κ1) is 10.8. The maximum Gasteiger partial charge on any atom is 0.248 e. The lowest BCUT2D eigenvalue weighted by atomic mass is 10.4. The van der Waals surface area contributed by atoms with Gasteiger partial charge in [-0.1, -0.05) is 0 Å². The number of hydrogen-bond acceptors (Lipinski definition) is 1. The molecule has 0 N–H and O–H groups in total. The summed E-state index contributed by atoms with van der Waals surface area (Å²) in [6.07, 6.45) is 0.236. The zero-order valence-corrected chi connectivity index (χ0v) is 7.69. The fourth-order valence-corrected chi connectivity index (χ4v) is 0.0945. The van der Waals surface area contributed by atoms with Crippen molar-refractivity contribution in [2.24, 2.45) is 0 Å². The first-order valence-corrected chi connectivity index (χ1v) is 3.89. The highest BCUT2D eigenvalue weighted by Crippen LogP contribution is 2.40. The van der Waals surface area contributed by atoms with Gasteiger partial charge in [-0.15, -0.1) is 0 Å². The predicted octanol–water partition coefficient (Wildman–Crippen LogP) is 2.37. The van der Waals surface area contributed by atoms with Crippen LogP contribution in [0.2, 0.25) is 0 Å². The number of halogens is 2. The molecule has 0 heterocycles. The molecule has 0 aromatic carbocycles. The van der Waals surface area contributed by atoms with Crippen LogP contribution in [0.5, 0.6) is 0 Å². The minimum atomic E-state index is -2.25. The monoisotopic (exact) mass is 165 g/mol. The van der Waals surface area contributed by atoms with E-state index in [4.69, 9.17) is 0 Å². The Hall–Kier alpha value is -0.180. The zero-order valence-electron chi connectivity index (χ0n) is 7.69. The minimum Gasteiger partial charge on any atom is -0.307 e. The largest absolute Gasteiger partial charge is 0.307 e. The standard InChI is InChI=1S/C5H13N.C3H4F2/c1-5(2)6(3)4;4-3(5)1-2-3/h5H,1-4H3;1-2H2. The summed E-state index contributed by atoms with van der Waals surface area (Å²) < 4.78 is 22.3. The molecule has 0 bridgehead atoms. The Morgan fingerprint density at radius 2 is 1.36 bits per heavy atom. The van der Waals surface area contributed by atoms with E-state index in [1.54, 1.807) is 0 Å². The van der Waals surface area contributed by atoms with Crippen molar-refractivity contribution in [2.75, 3.05) is 14.1 Å². The van der Waals surface area contributed by atoms with Crippen molar-refractivity contribution in [3.63, 3.8) is 0 Å². The topological polar surface area (TPSA) is 3.24 Å². The molecule has 11 heavy (non-hydrogen) atoms. The van der Waals surface area contributed by atoms with Gasteiger partial charge in [-0.2, -0.15) is 0 Å². The fourth-order valence-electron chi connectivity index (χ4n) is 0.0945. The molecule has 0 saturated heterocycles. The Kier molecular flexibility index (Phi) is 3.93. The number of nitrogens with zero attached hydrogens (tertiary/aromatic N) is 1. The van der Waals surface area contributed by atoms with E-state index in [1.165, 1.54) is 0 Å². The highest BCUT2D eigenvalue weighted by atomic mass is 19.3. The molecule has 0 spiro atoms. The summed E-state index contributed by atoms with van der Waals surface area (Å²) in [4.78, 5) is 2.17. The fraction of sp³-hybridized carbons (Fsp3) is 1.00. The summed E-state index contributed by atoms with van der Waals surface area (Å²) in [5.74, 6) is -2.25. The van der Waals surface area contributed by atoms with Crippen LogP contribution in [0.15, 0.2) is 0 Å². The molecule has 0 atom stereocenters. The molecule has 1 aliphatic rings. The summed E-state index contributed by atoms with van der Waals surface area (Å²) in [5, 5.41) is 0. The highest BCUT2D eigenvalue weighted by Gasteiger charge is 2.43. The van der Waals surface area contributed by atoms with Crippen molar-refractivity contribution < 1.29 is 8.78 Å². The Balaban J connectivity index is 0.000000183. The van der Waals surface area contributed by atoms with Crippen molar-refractivity contribution in [3.8, 4) is 0 Å². The summed E-state index contributed by atoms with van der Waals surface area (Å²) in [5.41, 5.74) is 0. The van der Waals surface area contributed by atoms with Gasteiger partial charge in [-0.3, -0.25) is 0 Å². The third-order valence-corrected chi connectivity index (χ3v) is 1.66. The molecular formula is C8H17F2N. The second kappa shape index (κ2) is 4.00. The van der Waals surface area contributed by atoms with Gasteiger partial charge in [0, 0.05) is 18.9 Å². The molecule has 1 rings (SSSR count). The van der Waals surface area contributed by atoms with Gasteiger partial charge in [0.05, 0.1) is 0 Å². The van der Waals surface area contributed by atoms with E-state index in [-0.39, 0.29) is 12.8 Å². The molecule has 0 unspecified atom stereocenters. The van der Waals surface area contributed by atoms with Crippen molar-refractivity contribution in [2.45, 2.75) is 38.7 Å². The maximum atomic E-state index is 11.1. The van der Waals surface area contributed by atoms with E-state index < -0.39 is 5.92 Å². The van der Waals surface area contributed by atoms with Gasteiger partial charge in [0.1, 0.15) is 0 Å². The molecule has 0 radical (unpaired) electrons. The van der Waals surface area contributed by atoms with Gasteiger partial charge in [-0.25, -0.2) is 8.78 Å². The second-order valence-corrected chi connectivity index (χ2v) is 3.41. The first-order chi connectivity index (χ1) is 4.85. The Labute approximate surface area is 67.4 Å². The maximum absolute atomic E-state index is 11.1. The van der Waals surface area contributed by atoms with E-state index in [1.807, 2.05) is 0 Å². The third-order valence-electron chi connectivity index (χ3n) is 1.66. The van der Waals surface area contributed by atoms with E-state index in [2.05, 4.69) is 32.8 Å². The van der Waals surface area contributed by atoms with Crippen LogP contribution in [0.4, 0.5) is 8.78 Å². The van der Waals surface area contributed by atoms with E-state index in [0.717, 1.165) is 0 Å². The van der Waals surface area contributed by atoms with Gasteiger partial charge >= 0.3 is 0 Å². The molecule has 1 fully saturated rings. The third kappa shape index (κ3) is 7.72. The summed E-state index contributed by atoms with van der Waals surface area (Å²) in [6, 6.07) is 0.685. The van der Waals surface area contributed by atoms with Crippen molar-refractivity contribution in [3.05, 3.63) is 0 Å². The van der Waals surface area contributed by atoms with E-state index in [9.17, 15) is 8.78 Å². The zero-order chi connectivity index (χ0) is 9.07. The lowest BCUT2D eigenvalue weighted by Gasteiger charge is -2.12. The van der Waals surface area contributed by atoms with Crippen LogP contribution in [0.1, 0.15) is 26.7 Å². The van der Waals surface area contributed by atoms with Crippen LogP contribution in [-0.2, 0) is 0 Å². The lowest BCUT2D eigenvalue weighted by molar-refractivity contribution is 0.120. The average Bonchev–Trinajstić information content (AvgIpc) is 2.47. The normalized spacial score (nSPS) is 19.6. The van der Waals surface area contributed by atoms with Crippen molar-refractivity contribution >= 4 is 0 Å². The summed E-state index contributed by atoms with van der Waals surface area (Å²) >= 11 is 0. The Morgan fingerprint density at radius 3 is 1.36 bits per heavy atom. The van der Waals surface area contributed by atoms with Crippen molar-refractivity contribution in [1.29, 1.82) is 0 Å². The molecule has 0 amide bonds. The molecule has 1 nitrogen and oxygen atoms in total. The molecule has 0 aliphatic heterocycles. The number of hydrogen-bond donors (Lipinski definition) is 0. The van der Waals surface area contributed by atoms with Gasteiger partial charge in [0.2, 0.25) is 5.92 Å². The van der Waals surface area contributed by atoms with E-state index in [0.29, 0.717) is 6.04 Å². The van der Waals surface area contributed by atoms with Crippen LogP contribution < -0.4 is 0 Å². The Morgan fingerprint density at radius 1 is 1.18 bits per heavy atom. The molecule has 0 aromatic rings. The predicted molar refractivity (Wildman–Crippen MR) is 43.0 cm³/mol. The van der Waals surface area contributed by atoms with Crippen LogP contribution in [0.3, 0.4) is 0 Å². The van der Waals surface area contributed by atoms with Gasteiger partial charge in [0.25, 0.3) is 0 Å². The molecule has 1 aliphatic carbocycles. The first-order valence-electron chi connectivity index (χ1n) is 3.89. The molecule has 1 saturated carbocycles. The molecule has 0 aromatic heterocycles. The quantitative estimate of drug-likeness (QED) is 0.576. The molecule has 68 valence electrons. The van der Waals surface area contributed by atoms with Crippen LogP contribution in [-0.4, -0.2) is 31.0 Å². The SMILES string of the molecule is CC(C)N(C)C.FC1(F)CC1. The molecule has 3 heteroatoms. The van der Waals surface area contributed by atoms with Gasteiger partial charge in [0.15, 0.2) is 0 Å². The second-order valence-electron chi connectivity index (χ2n) is 3.41. The Bertz CT molecular complexity index is 98.7. The van der Waals surface area contributed by atoms with Crippen LogP contribution >= 0.6 is 0 Å². The van der Waals surface area contributed by atoms with E-state index >= 15 is 0 Å². The summed E-state index contributed by atoms with van der Waals surface area (Å²) in [7, 11) is 4.15. The lowest BCUT2D eigenvalue weighted by Crippen LogP contribution is -2.20. The average molecular weight is 165 g/mol. The minimum absolute atomic E-state index is 0.118. The number of rotatable bonds is 1. The van der Waals surface area contributed by atoms with Gasteiger partial charge < -0.3 is 4.90 Å². The van der Waals surface area contributed by atoms with Crippen LogP contribution in [0, 0.1) is 0 Å². The number of alkyl halides is 2. The van der Waals surface area contributed by atoms with Crippen molar-refractivity contribution in [1.82, 2.24) is 4.90 Å². The molecular weight excluding hydrogens is 148 g/mol. The highest BCUT2D eigenvalue weighted by molar-refractivity contribution is 4.81. The van der Waals surface area contributed by atoms with Gasteiger partial charge in [-0.05, 0) is 27.9 Å².